The van der Waals surface area contributed by atoms with E-state index in [4.69, 9.17) is 9.47 Å². The van der Waals surface area contributed by atoms with Crippen LogP contribution in [0.3, 0.4) is 0 Å². The quantitative estimate of drug-likeness (QED) is 0.791. The van der Waals surface area contributed by atoms with Crippen molar-refractivity contribution >= 4 is 6.09 Å². The first-order valence-corrected chi connectivity index (χ1v) is 6.97. The molecule has 0 aromatic rings. The Balaban J connectivity index is 2.86. The van der Waals surface area contributed by atoms with E-state index in [2.05, 4.69) is 0 Å². The topological polar surface area (TPSA) is 59.0 Å². The number of likely N-dealkylation sites (tertiary alicyclic amines) is 1. The second-order valence-electron chi connectivity index (χ2n) is 6.43. The zero-order valence-electron chi connectivity index (χ0n) is 12.8. The lowest BCUT2D eigenvalue weighted by molar-refractivity contribution is -0.102. The van der Waals surface area contributed by atoms with E-state index < -0.39 is 23.2 Å². The number of nitrogens with zero attached hydrogens (tertiary/aromatic N) is 1. The van der Waals surface area contributed by atoms with Gasteiger partial charge in [-0.1, -0.05) is 20.8 Å². The molecule has 0 saturated carbocycles. The molecule has 0 aliphatic carbocycles. The normalized spacial score (nSPS) is 27.6. The van der Waals surface area contributed by atoms with Crippen LogP contribution in [-0.4, -0.2) is 61.3 Å². The molecule has 1 amide bonds. The summed E-state index contributed by atoms with van der Waals surface area (Å²) in [6, 6.07) is -0.705. The van der Waals surface area contributed by atoms with Gasteiger partial charge in [-0.15, -0.1) is 0 Å². The molecule has 1 heterocycles. The van der Waals surface area contributed by atoms with E-state index >= 15 is 4.39 Å². The van der Waals surface area contributed by atoms with Gasteiger partial charge >= 0.3 is 6.09 Å². The summed E-state index contributed by atoms with van der Waals surface area (Å²) in [6.07, 6.45) is -0.224. The Morgan fingerprint density at radius 2 is 2.10 bits per heavy atom. The van der Waals surface area contributed by atoms with Gasteiger partial charge in [-0.05, 0) is 18.3 Å². The molecule has 1 N–H and O–H groups in total. The van der Waals surface area contributed by atoms with E-state index in [-0.39, 0.29) is 6.61 Å². The molecule has 118 valence electrons. The van der Waals surface area contributed by atoms with Gasteiger partial charge < -0.3 is 19.5 Å². The zero-order chi connectivity index (χ0) is 15.4. The molecule has 0 aromatic heterocycles. The third kappa shape index (κ3) is 4.06. The van der Waals surface area contributed by atoms with Gasteiger partial charge in [0, 0.05) is 13.7 Å². The summed E-state index contributed by atoms with van der Waals surface area (Å²) in [5.41, 5.74) is -2.14. The number of methoxy groups -OCH3 is 1. The number of alkyl halides is 1. The predicted molar refractivity (Wildman–Crippen MR) is 73.7 cm³/mol. The molecule has 1 aliphatic rings. The number of halogens is 1. The van der Waals surface area contributed by atoms with Crippen molar-refractivity contribution in [2.45, 2.75) is 45.3 Å². The van der Waals surface area contributed by atoms with Crippen LogP contribution in [0.2, 0.25) is 0 Å². The van der Waals surface area contributed by atoms with Gasteiger partial charge in [0.05, 0.1) is 25.9 Å². The number of amides is 1. The largest absolute Gasteiger partial charge is 0.465 e. The first-order chi connectivity index (χ1) is 9.22. The molecule has 1 saturated heterocycles. The van der Waals surface area contributed by atoms with E-state index in [0.29, 0.717) is 32.6 Å². The van der Waals surface area contributed by atoms with Gasteiger partial charge in [0.2, 0.25) is 0 Å². The van der Waals surface area contributed by atoms with Crippen LogP contribution in [0.25, 0.3) is 0 Å². The molecule has 1 fully saturated rings. The maximum Gasteiger partial charge on any atom is 0.407 e. The Morgan fingerprint density at radius 1 is 1.45 bits per heavy atom. The minimum Gasteiger partial charge on any atom is -0.465 e. The average Bonchev–Trinajstić information content (AvgIpc) is 2.32. The maximum atomic E-state index is 15.3. The van der Waals surface area contributed by atoms with E-state index in [1.54, 1.807) is 7.11 Å². The highest BCUT2D eigenvalue weighted by Crippen LogP contribution is 2.41. The molecule has 1 rings (SSSR count). The number of piperidine rings is 1. The Labute approximate surface area is 120 Å². The van der Waals surface area contributed by atoms with E-state index in [1.807, 2.05) is 20.8 Å². The van der Waals surface area contributed by atoms with Crippen LogP contribution < -0.4 is 0 Å². The molecule has 20 heavy (non-hydrogen) atoms. The molecule has 0 spiro atoms. The predicted octanol–water partition coefficient (Wildman–Crippen LogP) is 2.55. The highest BCUT2D eigenvalue weighted by atomic mass is 19.1. The van der Waals surface area contributed by atoms with Crippen LogP contribution in [-0.2, 0) is 9.47 Å². The Hall–Kier alpha value is -0.880. The highest BCUT2D eigenvalue weighted by Gasteiger charge is 2.52. The molecule has 0 aromatic carbocycles. The van der Waals surface area contributed by atoms with Crippen molar-refractivity contribution in [3.8, 4) is 0 Å². The van der Waals surface area contributed by atoms with Crippen molar-refractivity contribution in [3.63, 3.8) is 0 Å². The summed E-state index contributed by atoms with van der Waals surface area (Å²) < 4.78 is 25.5. The lowest BCUT2D eigenvalue weighted by Gasteiger charge is -2.49. The first kappa shape index (κ1) is 17.2. The molecule has 2 unspecified atom stereocenters. The van der Waals surface area contributed by atoms with Gasteiger partial charge in [-0.3, -0.25) is 0 Å². The summed E-state index contributed by atoms with van der Waals surface area (Å²) in [6.45, 7) is 6.58. The first-order valence-electron chi connectivity index (χ1n) is 6.97. The van der Waals surface area contributed by atoms with E-state index in [1.165, 1.54) is 4.90 Å². The van der Waals surface area contributed by atoms with Crippen molar-refractivity contribution < 1.29 is 23.8 Å². The molecule has 6 heteroatoms. The fourth-order valence-electron chi connectivity index (χ4n) is 3.07. The van der Waals surface area contributed by atoms with Crippen molar-refractivity contribution in [1.29, 1.82) is 0 Å². The number of rotatable bonds is 5. The smallest absolute Gasteiger partial charge is 0.407 e. The Kier molecular flexibility index (Phi) is 5.77. The third-order valence-electron chi connectivity index (χ3n) is 3.63. The van der Waals surface area contributed by atoms with Crippen LogP contribution in [0, 0.1) is 5.41 Å². The fourth-order valence-corrected chi connectivity index (χ4v) is 3.07. The molecule has 0 radical (unpaired) electrons. The second-order valence-corrected chi connectivity index (χ2v) is 6.43. The summed E-state index contributed by atoms with van der Waals surface area (Å²) >= 11 is 0. The van der Waals surface area contributed by atoms with Crippen molar-refractivity contribution in [1.82, 2.24) is 4.90 Å². The van der Waals surface area contributed by atoms with Crippen molar-refractivity contribution in [2.75, 3.05) is 33.5 Å². The van der Waals surface area contributed by atoms with Gasteiger partial charge in [-0.25, -0.2) is 9.18 Å². The SMILES string of the molecule is COCCOCC1(F)CCCN(C(=O)O)C1C(C)(C)C. The molecule has 2 atom stereocenters. The Bertz CT molecular complexity index is 332. The number of ether oxygens (including phenoxy) is 2. The summed E-state index contributed by atoms with van der Waals surface area (Å²) in [7, 11) is 1.55. The van der Waals surface area contributed by atoms with E-state index in [9.17, 15) is 9.90 Å². The van der Waals surface area contributed by atoms with Crippen LogP contribution >= 0.6 is 0 Å². The number of hydrogen-bond acceptors (Lipinski definition) is 3. The fraction of sp³-hybridized carbons (Fsp3) is 0.929. The minimum absolute atomic E-state index is 0.0952. The van der Waals surface area contributed by atoms with Crippen LogP contribution in [0.1, 0.15) is 33.6 Å². The Morgan fingerprint density at radius 3 is 2.60 bits per heavy atom. The molecule has 5 nitrogen and oxygen atoms in total. The van der Waals surface area contributed by atoms with Crippen LogP contribution in [0.4, 0.5) is 9.18 Å². The highest BCUT2D eigenvalue weighted by molar-refractivity contribution is 5.66. The van der Waals surface area contributed by atoms with Gasteiger partial charge in [-0.2, -0.15) is 0 Å². The lowest BCUT2D eigenvalue weighted by atomic mass is 9.72. The van der Waals surface area contributed by atoms with Gasteiger partial charge in [0.1, 0.15) is 0 Å². The molecular formula is C14H26FNO4. The maximum absolute atomic E-state index is 15.3. The second kappa shape index (κ2) is 6.72. The molecule has 0 bridgehead atoms. The minimum atomic E-state index is -1.65. The number of carboxylic acid groups (broad SMARTS) is 1. The van der Waals surface area contributed by atoms with Crippen molar-refractivity contribution in [3.05, 3.63) is 0 Å². The van der Waals surface area contributed by atoms with Crippen LogP contribution in [0.15, 0.2) is 0 Å². The van der Waals surface area contributed by atoms with Crippen molar-refractivity contribution in [2.24, 2.45) is 5.41 Å². The summed E-state index contributed by atoms with van der Waals surface area (Å²) in [4.78, 5) is 12.6. The van der Waals surface area contributed by atoms with E-state index in [0.717, 1.165) is 0 Å². The molecular weight excluding hydrogens is 265 g/mol. The summed E-state index contributed by atoms with van der Waals surface area (Å²) in [5.74, 6) is 0. The number of carbonyl (C=O) groups is 1. The lowest BCUT2D eigenvalue weighted by Crippen LogP contribution is -2.63. The molecule has 1 aliphatic heterocycles. The van der Waals surface area contributed by atoms with Gasteiger partial charge in [0.15, 0.2) is 5.67 Å². The van der Waals surface area contributed by atoms with Crippen LogP contribution in [0.5, 0.6) is 0 Å². The monoisotopic (exact) mass is 291 g/mol. The van der Waals surface area contributed by atoms with Gasteiger partial charge in [0.25, 0.3) is 0 Å². The average molecular weight is 291 g/mol. The number of hydrogen-bond donors (Lipinski definition) is 1. The third-order valence-corrected chi connectivity index (χ3v) is 3.63. The zero-order valence-corrected chi connectivity index (χ0v) is 12.8. The standard InChI is InChI=1S/C14H26FNO4/c1-13(2,3)11-14(15,10-20-9-8-19-4)6-5-7-16(11)12(17)18/h11H,5-10H2,1-4H3,(H,17,18). The summed E-state index contributed by atoms with van der Waals surface area (Å²) in [5, 5.41) is 9.31.